The second-order valence-electron chi connectivity index (χ2n) is 6.05. The van der Waals surface area contributed by atoms with E-state index in [4.69, 9.17) is 4.74 Å². The first kappa shape index (κ1) is 17.4. The van der Waals surface area contributed by atoms with Crippen LogP contribution < -0.4 is 4.74 Å². The third kappa shape index (κ3) is 4.76. The fraction of sp³-hybridized carbons (Fsp3) is 0.600. The molecule has 0 atom stereocenters. The molecule has 128 valence electrons. The van der Waals surface area contributed by atoms with Gasteiger partial charge in [0.1, 0.15) is 10.6 Å². The molecule has 0 spiro atoms. The van der Waals surface area contributed by atoms with Gasteiger partial charge in [0.25, 0.3) is 0 Å². The number of ether oxygens (including phenoxy) is 1. The van der Waals surface area contributed by atoms with Crippen molar-refractivity contribution < 1.29 is 24.2 Å². The minimum atomic E-state index is -9.58. The van der Waals surface area contributed by atoms with Crippen LogP contribution >= 0.6 is 10.2 Å². The molecule has 1 saturated carbocycles. The third-order valence-electron chi connectivity index (χ3n) is 4.30. The second-order valence-corrected chi connectivity index (χ2v) is 8.46. The molecule has 1 aromatic rings. The molecule has 1 aromatic carbocycles. The smallest absolute Gasteiger partial charge is 0.310 e. The topological polar surface area (TPSA) is 9.23 Å². The van der Waals surface area contributed by atoms with Gasteiger partial charge in [0.05, 0.1) is 6.61 Å². The van der Waals surface area contributed by atoms with Crippen molar-refractivity contribution in [2.24, 2.45) is 11.8 Å². The van der Waals surface area contributed by atoms with E-state index in [0.717, 1.165) is 43.7 Å². The van der Waals surface area contributed by atoms with Gasteiger partial charge in [-0.3, -0.25) is 0 Å². The maximum absolute atomic E-state index is 12.6. The lowest BCUT2D eigenvalue weighted by molar-refractivity contribution is 0.181. The van der Waals surface area contributed by atoms with E-state index in [1.165, 1.54) is 6.42 Å². The molecule has 1 fully saturated rings. The van der Waals surface area contributed by atoms with Gasteiger partial charge >= 0.3 is 10.2 Å². The lowest BCUT2D eigenvalue weighted by atomic mass is 9.81. The lowest BCUT2D eigenvalue weighted by Gasteiger charge is -2.40. The molecular formula is C15H21F5OS. The summed E-state index contributed by atoms with van der Waals surface area (Å²) < 4.78 is 68.4. The molecule has 0 heterocycles. The molecule has 1 aliphatic rings. The van der Waals surface area contributed by atoms with E-state index in [1.807, 2.05) is 0 Å². The average molecular weight is 344 g/mol. The summed E-state index contributed by atoms with van der Waals surface area (Å²) in [6.07, 6.45) is 5.55. The van der Waals surface area contributed by atoms with Crippen molar-refractivity contribution in [1.29, 1.82) is 0 Å². The van der Waals surface area contributed by atoms with E-state index in [1.54, 1.807) is 0 Å². The van der Waals surface area contributed by atoms with E-state index >= 15 is 0 Å². The molecule has 0 aromatic heterocycles. The minimum absolute atomic E-state index is 0.197. The molecule has 0 bridgehead atoms. The van der Waals surface area contributed by atoms with Crippen LogP contribution in [0.25, 0.3) is 0 Å². The fourth-order valence-electron chi connectivity index (χ4n) is 2.81. The summed E-state index contributed by atoms with van der Waals surface area (Å²) >= 11 is 0. The molecule has 2 rings (SSSR count). The SMILES string of the molecule is CC[C@H]1CC[C@H](COc2ccc(S(F)(F)(F)(F)F)cc2)CC1. The summed E-state index contributed by atoms with van der Waals surface area (Å²) in [7, 11) is -9.58. The van der Waals surface area contributed by atoms with Crippen molar-refractivity contribution in [1.82, 2.24) is 0 Å². The Morgan fingerprint density at radius 3 is 1.86 bits per heavy atom. The molecule has 1 aliphatic carbocycles. The number of hydrogen-bond donors (Lipinski definition) is 0. The first-order valence-corrected chi connectivity index (χ1v) is 9.40. The molecular weight excluding hydrogens is 323 g/mol. The largest absolute Gasteiger partial charge is 0.493 e. The van der Waals surface area contributed by atoms with Gasteiger partial charge < -0.3 is 4.74 Å². The highest BCUT2D eigenvalue weighted by molar-refractivity contribution is 8.45. The van der Waals surface area contributed by atoms with Gasteiger partial charge in [-0.1, -0.05) is 45.6 Å². The van der Waals surface area contributed by atoms with Crippen LogP contribution in [-0.4, -0.2) is 6.61 Å². The minimum Gasteiger partial charge on any atom is -0.493 e. The van der Waals surface area contributed by atoms with Gasteiger partial charge in [-0.25, -0.2) is 0 Å². The van der Waals surface area contributed by atoms with E-state index in [0.29, 0.717) is 24.7 Å². The van der Waals surface area contributed by atoms with Crippen LogP contribution in [0.5, 0.6) is 5.75 Å². The standard InChI is InChI=1S/C15H21F5OS/c1-2-12-3-5-13(6-4-12)11-21-14-7-9-15(10-8-14)22(16,17,18,19)20/h7-10,12-13H,2-6,11H2,1H3/t12-,13-. The van der Waals surface area contributed by atoms with Gasteiger partial charge in [0, 0.05) is 0 Å². The van der Waals surface area contributed by atoms with Crippen molar-refractivity contribution in [2.45, 2.75) is 43.9 Å². The molecule has 0 saturated heterocycles. The van der Waals surface area contributed by atoms with Crippen LogP contribution in [0, 0.1) is 11.8 Å². The number of halogens is 5. The summed E-state index contributed by atoms with van der Waals surface area (Å²) in [5.41, 5.74) is 0. The van der Waals surface area contributed by atoms with Gasteiger partial charge in [0.2, 0.25) is 0 Å². The second kappa shape index (κ2) is 5.28. The molecule has 0 radical (unpaired) electrons. The fourth-order valence-corrected chi connectivity index (χ4v) is 3.46. The van der Waals surface area contributed by atoms with Crippen LogP contribution in [0.15, 0.2) is 29.2 Å². The highest BCUT2D eigenvalue weighted by Gasteiger charge is 2.65. The normalized spacial score (nSPS) is 26.1. The zero-order valence-corrected chi connectivity index (χ0v) is 13.2. The first-order valence-electron chi connectivity index (χ1n) is 7.45. The quantitative estimate of drug-likeness (QED) is 0.526. The Bertz CT molecular complexity index is 503. The Balaban J connectivity index is 1.91. The average Bonchev–Trinajstić information content (AvgIpc) is 2.44. The summed E-state index contributed by atoms with van der Waals surface area (Å²) in [4.78, 5) is -1.88. The van der Waals surface area contributed by atoms with Gasteiger partial charge in [-0.2, -0.15) is 0 Å². The third-order valence-corrected chi connectivity index (χ3v) is 5.46. The van der Waals surface area contributed by atoms with Crippen LogP contribution in [0.2, 0.25) is 0 Å². The van der Waals surface area contributed by atoms with E-state index in [2.05, 4.69) is 6.92 Å². The maximum atomic E-state index is 12.6. The van der Waals surface area contributed by atoms with Gasteiger partial charge in [-0.15, -0.1) is 0 Å². The summed E-state index contributed by atoms with van der Waals surface area (Å²) in [6.45, 7) is 2.59. The van der Waals surface area contributed by atoms with Crippen molar-refractivity contribution >= 4 is 10.2 Å². The van der Waals surface area contributed by atoms with Crippen LogP contribution in [-0.2, 0) is 0 Å². The molecule has 7 heteroatoms. The Morgan fingerprint density at radius 2 is 1.41 bits per heavy atom. The van der Waals surface area contributed by atoms with Gasteiger partial charge in [0.15, 0.2) is 0 Å². The molecule has 0 aliphatic heterocycles. The monoisotopic (exact) mass is 344 g/mol. The zero-order chi connectivity index (χ0) is 16.5. The number of benzene rings is 1. The predicted molar refractivity (Wildman–Crippen MR) is 79.1 cm³/mol. The van der Waals surface area contributed by atoms with Crippen LogP contribution in [0.3, 0.4) is 0 Å². The first-order chi connectivity index (χ1) is 9.97. The lowest BCUT2D eigenvalue weighted by Crippen LogP contribution is -2.19. The van der Waals surface area contributed by atoms with Crippen molar-refractivity contribution in [3.8, 4) is 5.75 Å². The zero-order valence-electron chi connectivity index (χ0n) is 12.4. The predicted octanol–water partition coefficient (Wildman–Crippen LogP) is 6.94. The Morgan fingerprint density at radius 1 is 0.909 bits per heavy atom. The Hall–Kier alpha value is -0.980. The Labute approximate surface area is 127 Å². The summed E-state index contributed by atoms with van der Waals surface area (Å²) in [5, 5.41) is 0. The van der Waals surface area contributed by atoms with E-state index in [-0.39, 0.29) is 5.75 Å². The van der Waals surface area contributed by atoms with Gasteiger partial charge in [-0.05, 0) is 48.9 Å². The molecule has 1 nitrogen and oxygen atoms in total. The number of hydrogen-bond acceptors (Lipinski definition) is 1. The molecule has 0 amide bonds. The van der Waals surface area contributed by atoms with Crippen molar-refractivity contribution in [3.05, 3.63) is 24.3 Å². The van der Waals surface area contributed by atoms with Crippen molar-refractivity contribution in [2.75, 3.05) is 6.61 Å². The highest BCUT2D eigenvalue weighted by atomic mass is 32.5. The Kier molecular flexibility index (Phi) is 4.17. The van der Waals surface area contributed by atoms with E-state index in [9.17, 15) is 19.4 Å². The van der Waals surface area contributed by atoms with Crippen LogP contribution in [0.1, 0.15) is 39.0 Å². The summed E-state index contributed by atoms with van der Waals surface area (Å²) in [5.74, 6) is 1.34. The van der Waals surface area contributed by atoms with Crippen LogP contribution in [0.4, 0.5) is 19.4 Å². The molecule has 22 heavy (non-hydrogen) atoms. The van der Waals surface area contributed by atoms with Crippen molar-refractivity contribution in [3.63, 3.8) is 0 Å². The molecule has 0 N–H and O–H groups in total. The maximum Gasteiger partial charge on any atom is 0.310 e. The number of rotatable bonds is 5. The summed E-state index contributed by atoms with van der Waals surface area (Å²) in [6, 6.07) is 2.71. The van der Waals surface area contributed by atoms with E-state index < -0.39 is 15.1 Å². The highest BCUT2D eigenvalue weighted by Crippen LogP contribution is 3.02. The molecule has 0 unspecified atom stereocenters.